The van der Waals surface area contributed by atoms with Crippen molar-refractivity contribution in [3.05, 3.63) is 243 Å². The minimum atomic E-state index is 0.868. The predicted octanol–water partition coefficient (Wildman–Crippen LogP) is 18.5. The molecule has 2 aromatic heterocycles. The van der Waals surface area contributed by atoms with Crippen molar-refractivity contribution >= 4 is 109 Å². The molecule has 0 aliphatic heterocycles. The average molecular weight is 861 g/mol. The molecule has 0 aliphatic carbocycles. The Hall–Kier alpha value is -8.44. The first kappa shape index (κ1) is 38.1. The standard InChI is InChI=1S/C62H40N2OS/c1-3-16-45(17-4-1)63(47-30-27-41(28-31-47)42-29-34-62-58(37-42)55-24-12-14-26-61(55)66-62)49-35-44(56-38-43-15-7-8-20-51(43)52-21-9-10-22-53(52)56)36-50(39-49)64(46-18-5-2-6-19-46)48-32-33-60-57(40-48)54-23-11-13-25-59(54)65-60/h1-40H. The first-order chi connectivity index (χ1) is 32.7. The molecule has 13 aromatic rings. The van der Waals surface area contributed by atoms with Crippen molar-refractivity contribution in [3.63, 3.8) is 0 Å². The van der Waals surface area contributed by atoms with Crippen LogP contribution in [0.2, 0.25) is 0 Å². The van der Waals surface area contributed by atoms with Gasteiger partial charge in [-0.3, -0.25) is 0 Å². The number of nitrogens with zero attached hydrogens (tertiary/aromatic N) is 2. The summed E-state index contributed by atoms with van der Waals surface area (Å²) >= 11 is 1.85. The summed E-state index contributed by atoms with van der Waals surface area (Å²) in [6.45, 7) is 0. The first-order valence-corrected chi connectivity index (χ1v) is 23.2. The van der Waals surface area contributed by atoms with Gasteiger partial charge in [0.15, 0.2) is 0 Å². The zero-order valence-corrected chi connectivity index (χ0v) is 36.6. The molecular formula is C62H40N2OS. The molecular weight excluding hydrogens is 821 g/mol. The summed E-state index contributed by atoms with van der Waals surface area (Å²) in [5, 5.41) is 9.69. The maximum atomic E-state index is 6.34. The highest BCUT2D eigenvalue weighted by Crippen LogP contribution is 2.46. The lowest BCUT2D eigenvalue weighted by molar-refractivity contribution is 0.669. The second-order valence-electron chi connectivity index (χ2n) is 16.9. The van der Waals surface area contributed by atoms with Gasteiger partial charge in [-0.15, -0.1) is 11.3 Å². The highest BCUT2D eigenvalue weighted by Gasteiger charge is 2.22. The number of fused-ring (bicyclic) bond motifs is 9. The summed E-state index contributed by atoms with van der Waals surface area (Å²) in [6, 6.07) is 88.0. The van der Waals surface area contributed by atoms with Gasteiger partial charge in [0.25, 0.3) is 0 Å². The second-order valence-corrected chi connectivity index (χ2v) is 18.0. The number of rotatable bonds is 8. The first-order valence-electron chi connectivity index (χ1n) is 22.4. The Morgan fingerprint density at radius 2 is 0.818 bits per heavy atom. The van der Waals surface area contributed by atoms with E-state index in [2.05, 4.69) is 240 Å². The lowest BCUT2D eigenvalue weighted by atomic mass is 9.92. The molecule has 0 atom stereocenters. The quantitative estimate of drug-likeness (QED) is 0.142. The van der Waals surface area contributed by atoms with E-state index in [1.807, 2.05) is 23.5 Å². The summed E-state index contributed by atoms with van der Waals surface area (Å²) < 4.78 is 8.97. The van der Waals surface area contributed by atoms with Crippen LogP contribution in [0.1, 0.15) is 0 Å². The third kappa shape index (κ3) is 6.50. The van der Waals surface area contributed by atoms with Gasteiger partial charge in [-0.1, -0.05) is 140 Å². The largest absolute Gasteiger partial charge is 0.456 e. The van der Waals surface area contributed by atoms with Gasteiger partial charge in [-0.25, -0.2) is 0 Å². The fraction of sp³-hybridized carbons (Fsp3) is 0. The van der Waals surface area contributed by atoms with Gasteiger partial charge in [-0.2, -0.15) is 0 Å². The van der Waals surface area contributed by atoms with Gasteiger partial charge in [0.1, 0.15) is 11.2 Å². The smallest absolute Gasteiger partial charge is 0.135 e. The van der Waals surface area contributed by atoms with Crippen LogP contribution < -0.4 is 9.80 Å². The highest BCUT2D eigenvalue weighted by atomic mass is 32.1. The Balaban J connectivity index is 1.04. The SMILES string of the molecule is c1ccc(N(c2ccc(-c3ccc4sc5ccccc5c4c3)cc2)c2cc(-c3cc4ccccc4c4ccccc34)cc(N(c3ccccc3)c3ccc4oc5ccccc5c4c3)c2)cc1. The van der Waals surface area contributed by atoms with E-state index in [0.29, 0.717) is 0 Å². The molecule has 11 aromatic carbocycles. The second kappa shape index (κ2) is 15.7. The van der Waals surface area contributed by atoms with E-state index in [1.165, 1.54) is 58.4 Å². The number of anilines is 6. The van der Waals surface area contributed by atoms with E-state index in [0.717, 1.165) is 61.6 Å². The van der Waals surface area contributed by atoms with Crippen molar-refractivity contribution < 1.29 is 4.42 Å². The number of thiophene rings is 1. The van der Waals surface area contributed by atoms with E-state index < -0.39 is 0 Å². The van der Waals surface area contributed by atoms with Crippen LogP contribution in [0.15, 0.2) is 247 Å². The molecule has 310 valence electrons. The molecule has 0 radical (unpaired) electrons. The molecule has 66 heavy (non-hydrogen) atoms. The van der Waals surface area contributed by atoms with Crippen LogP contribution in [-0.2, 0) is 0 Å². The van der Waals surface area contributed by atoms with Gasteiger partial charge in [0.05, 0.1) is 0 Å². The molecule has 0 spiro atoms. The van der Waals surface area contributed by atoms with Crippen molar-refractivity contribution in [3.8, 4) is 22.3 Å². The van der Waals surface area contributed by atoms with Gasteiger partial charge >= 0.3 is 0 Å². The zero-order valence-electron chi connectivity index (χ0n) is 35.8. The van der Waals surface area contributed by atoms with Crippen LogP contribution in [0.3, 0.4) is 0 Å². The number of hydrogen-bond donors (Lipinski definition) is 0. The Morgan fingerprint density at radius 3 is 1.58 bits per heavy atom. The molecule has 2 heterocycles. The summed E-state index contributed by atoms with van der Waals surface area (Å²) in [5.74, 6) is 0. The Morgan fingerprint density at radius 1 is 0.273 bits per heavy atom. The van der Waals surface area contributed by atoms with Crippen molar-refractivity contribution in [1.29, 1.82) is 0 Å². The van der Waals surface area contributed by atoms with E-state index in [-0.39, 0.29) is 0 Å². The molecule has 4 heteroatoms. The Kier molecular flexibility index (Phi) is 9.03. The van der Waals surface area contributed by atoms with E-state index in [1.54, 1.807) is 0 Å². The molecule has 13 rings (SSSR count). The minimum absolute atomic E-state index is 0.868. The molecule has 0 aliphatic rings. The van der Waals surface area contributed by atoms with E-state index >= 15 is 0 Å². The molecule has 0 unspecified atom stereocenters. The summed E-state index contributed by atoms with van der Waals surface area (Å²) in [7, 11) is 0. The van der Waals surface area contributed by atoms with Gasteiger partial charge < -0.3 is 14.2 Å². The Labute approximate surface area is 386 Å². The summed E-state index contributed by atoms with van der Waals surface area (Å²) in [4.78, 5) is 4.78. The number of hydrogen-bond acceptors (Lipinski definition) is 4. The van der Waals surface area contributed by atoms with Crippen molar-refractivity contribution in [2.45, 2.75) is 0 Å². The monoisotopic (exact) mass is 860 g/mol. The predicted molar refractivity (Wildman–Crippen MR) is 282 cm³/mol. The molecule has 0 amide bonds. The number of benzene rings is 11. The van der Waals surface area contributed by atoms with Crippen LogP contribution in [0.4, 0.5) is 34.1 Å². The molecule has 0 bridgehead atoms. The normalized spacial score (nSPS) is 11.6. The minimum Gasteiger partial charge on any atom is -0.456 e. The molecule has 0 N–H and O–H groups in total. The molecule has 3 nitrogen and oxygen atoms in total. The van der Waals surface area contributed by atoms with Gasteiger partial charge in [-0.05, 0) is 147 Å². The maximum Gasteiger partial charge on any atom is 0.135 e. The number of para-hydroxylation sites is 3. The molecule has 0 saturated heterocycles. The third-order valence-corrected chi connectivity index (χ3v) is 14.1. The summed E-state index contributed by atoms with van der Waals surface area (Å²) in [6.07, 6.45) is 0. The lowest BCUT2D eigenvalue weighted by Crippen LogP contribution is -2.13. The average Bonchev–Trinajstić information content (AvgIpc) is 3.95. The van der Waals surface area contributed by atoms with E-state index in [4.69, 9.17) is 4.42 Å². The fourth-order valence-electron chi connectivity index (χ4n) is 9.91. The van der Waals surface area contributed by atoms with Crippen LogP contribution in [0.25, 0.3) is 85.9 Å². The lowest BCUT2D eigenvalue weighted by Gasteiger charge is -2.30. The van der Waals surface area contributed by atoms with Crippen LogP contribution in [-0.4, -0.2) is 0 Å². The zero-order chi connectivity index (χ0) is 43.6. The van der Waals surface area contributed by atoms with Crippen LogP contribution >= 0.6 is 11.3 Å². The fourth-order valence-corrected chi connectivity index (χ4v) is 11.0. The van der Waals surface area contributed by atoms with E-state index in [9.17, 15) is 0 Å². The maximum absolute atomic E-state index is 6.34. The van der Waals surface area contributed by atoms with Gasteiger partial charge in [0, 0.05) is 65.1 Å². The highest BCUT2D eigenvalue weighted by molar-refractivity contribution is 7.25. The van der Waals surface area contributed by atoms with Crippen molar-refractivity contribution in [1.82, 2.24) is 0 Å². The van der Waals surface area contributed by atoms with Gasteiger partial charge in [0.2, 0.25) is 0 Å². The van der Waals surface area contributed by atoms with Crippen LogP contribution in [0.5, 0.6) is 0 Å². The molecule has 0 saturated carbocycles. The topological polar surface area (TPSA) is 19.6 Å². The third-order valence-electron chi connectivity index (χ3n) is 13.0. The Bertz CT molecular complexity index is 3950. The summed E-state index contributed by atoms with van der Waals surface area (Å²) in [5.41, 5.74) is 12.7. The molecule has 0 fully saturated rings. The number of furan rings is 1. The van der Waals surface area contributed by atoms with Crippen molar-refractivity contribution in [2.24, 2.45) is 0 Å². The van der Waals surface area contributed by atoms with Crippen LogP contribution in [0, 0.1) is 0 Å². The van der Waals surface area contributed by atoms with Crippen molar-refractivity contribution in [2.75, 3.05) is 9.80 Å².